The molecule has 1 amide bonds. The molecule has 2 N–H and O–H groups in total. The average Bonchev–Trinajstić information content (AvgIpc) is 3.04. The highest BCUT2D eigenvalue weighted by atomic mass is 35.5. The van der Waals surface area contributed by atoms with Crippen LogP contribution < -0.4 is 0 Å². The Labute approximate surface area is 189 Å². The van der Waals surface area contributed by atoms with E-state index >= 15 is 0 Å². The number of carbonyl (C=O) groups is 2. The summed E-state index contributed by atoms with van der Waals surface area (Å²) in [4.78, 5) is 29.4. The number of aliphatic hydroxyl groups excluding tert-OH is 1. The van der Waals surface area contributed by atoms with Gasteiger partial charge in [-0.3, -0.25) is 14.5 Å². The van der Waals surface area contributed by atoms with E-state index in [0.29, 0.717) is 38.4 Å². The van der Waals surface area contributed by atoms with Gasteiger partial charge in [-0.05, 0) is 35.9 Å². The van der Waals surface area contributed by atoms with Gasteiger partial charge in [0, 0.05) is 31.2 Å². The second kappa shape index (κ2) is 9.28. The summed E-state index contributed by atoms with van der Waals surface area (Å²) in [5, 5.41) is 21.4. The van der Waals surface area contributed by atoms with Crippen LogP contribution >= 0.6 is 11.6 Å². The Balaban J connectivity index is 1.78. The maximum Gasteiger partial charge on any atom is 0.295 e. The van der Waals surface area contributed by atoms with Crippen LogP contribution in [0.25, 0.3) is 5.76 Å². The number of aliphatic hydroxyl groups is 1. The summed E-state index contributed by atoms with van der Waals surface area (Å²) in [6, 6.07) is 8.55. The summed E-state index contributed by atoms with van der Waals surface area (Å²) in [5.74, 6) is -3.10. The number of ether oxygens (including phenoxy) is 1. The third-order valence-corrected chi connectivity index (χ3v) is 5.91. The molecule has 2 aliphatic rings. The second-order valence-corrected chi connectivity index (χ2v) is 8.10. The van der Waals surface area contributed by atoms with Crippen molar-refractivity contribution in [3.8, 4) is 5.75 Å². The summed E-state index contributed by atoms with van der Waals surface area (Å²) in [6.07, 6.45) is 0. The Hall–Kier alpha value is -2.94. The fourth-order valence-corrected chi connectivity index (χ4v) is 4.22. The van der Waals surface area contributed by atoms with E-state index in [1.54, 1.807) is 6.07 Å². The molecule has 2 aromatic carbocycles. The van der Waals surface area contributed by atoms with Gasteiger partial charge >= 0.3 is 0 Å². The first-order valence-electron chi connectivity index (χ1n) is 10.2. The van der Waals surface area contributed by atoms with E-state index in [4.69, 9.17) is 16.3 Å². The molecule has 2 fully saturated rings. The van der Waals surface area contributed by atoms with Crippen molar-refractivity contribution in [1.29, 1.82) is 0 Å². The van der Waals surface area contributed by atoms with Gasteiger partial charge in [0.25, 0.3) is 11.7 Å². The van der Waals surface area contributed by atoms with Crippen LogP contribution in [0, 0.1) is 5.82 Å². The second-order valence-electron chi connectivity index (χ2n) is 7.66. The van der Waals surface area contributed by atoms with Crippen molar-refractivity contribution in [3.63, 3.8) is 0 Å². The molecule has 4 rings (SSSR count). The number of amides is 1. The molecule has 0 aromatic heterocycles. The SMILES string of the molecule is O=C1C(=O)N(CCN2CCOCC2)C(c2cccc(F)c2)/C1=C(\O)c1cc(Cl)ccc1O. The minimum absolute atomic E-state index is 0.0786. The number of phenolic OH excluding ortho intramolecular Hbond substituents is 1. The predicted octanol–water partition coefficient (Wildman–Crippen LogP) is 2.94. The van der Waals surface area contributed by atoms with Gasteiger partial charge in [-0.25, -0.2) is 4.39 Å². The highest BCUT2D eigenvalue weighted by molar-refractivity contribution is 6.46. The van der Waals surface area contributed by atoms with Crippen molar-refractivity contribution < 1.29 is 28.9 Å². The largest absolute Gasteiger partial charge is 0.507 e. The highest BCUT2D eigenvalue weighted by Crippen LogP contribution is 2.41. The Morgan fingerprint density at radius 2 is 1.88 bits per heavy atom. The van der Waals surface area contributed by atoms with Gasteiger partial charge < -0.3 is 19.8 Å². The lowest BCUT2D eigenvalue weighted by atomic mass is 9.95. The average molecular weight is 461 g/mol. The number of phenols is 1. The quantitative estimate of drug-likeness (QED) is 0.405. The number of morpholine rings is 1. The molecule has 1 unspecified atom stereocenters. The number of carbonyl (C=O) groups excluding carboxylic acids is 2. The van der Waals surface area contributed by atoms with Gasteiger partial charge in [0.2, 0.25) is 0 Å². The zero-order chi connectivity index (χ0) is 22.8. The third kappa shape index (κ3) is 4.34. The summed E-state index contributed by atoms with van der Waals surface area (Å²) in [6.45, 7) is 3.25. The number of benzene rings is 2. The van der Waals surface area contributed by atoms with E-state index in [2.05, 4.69) is 4.90 Å². The summed E-state index contributed by atoms with van der Waals surface area (Å²) < 4.78 is 19.4. The number of hydrogen-bond donors (Lipinski definition) is 2. The van der Waals surface area contributed by atoms with Crippen LogP contribution in [0.4, 0.5) is 4.39 Å². The molecule has 32 heavy (non-hydrogen) atoms. The van der Waals surface area contributed by atoms with Crippen molar-refractivity contribution in [2.75, 3.05) is 39.4 Å². The molecule has 0 radical (unpaired) electrons. The van der Waals surface area contributed by atoms with Gasteiger partial charge in [-0.1, -0.05) is 23.7 Å². The smallest absolute Gasteiger partial charge is 0.295 e. The Kier molecular flexibility index (Phi) is 6.45. The molecule has 1 atom stereocenters. The molecular formula is C23H22ClFN2O5. The van der Waals surface area contributed by atoms with Gasteiger partial charge in [-0.15, -0.1) is 0 Å². The number of ketones is 1. The number of hydrogen-bond acceptors (Lipinski definition) is 6. The number of halogens is 2. The molecule has 2 heterocycles. The van der Waals surface area contributed by atoms with Crippen LogP contribution in [0.1, 0.15) is 17.2 Å². The molecule has 0 saturated carbocycles. The topological polar surface area (TPSA) is 90.3 Å². The van der Waals surface area contributed by atoms with Crippen LogP contribution in [0.15, 0.2) is 48.0 Å². The third-order valence-electron chi connectivity index (χ3n) is 5.68. The molecule has 0 bridgehead atoms. The Bertz CT molecular complexity index is 1080. The summed E-state index contributed by atoms with van der Waals surface area (Å²) in [7, 11) is 0. The maximum atomic E-state index is 14.0. The number of Topliss-reactive ketones (excluding diaryl/α,β-unsaturated/α-hetero) is 1. The van der Waals surface area contributed by atoms with E-state index < -0.39 is 29.3 Å². The lowest BCUT2D eigenvalue weighted by Gasteiger charge is -2.31. The highest BCUT2D eigenvalue weighted by Gasteiger charge is 2.46. The zero-order valence-corrected chi connectivity index (χ0v) is 17.9. The van der Waals surface area contributed by atoms with E-state index in [0.717, 1.165) is 0 Å². The molecular weight excluding hydrogens is 439 g/mol. The molecule has 2 aliphatic heterocycles. The van der Waals surface area contributed by atoms with E-state index in [9.17, 15) is 24.2 Å². The van der Waals surface area contributed by atoms with E-state index in [1.807, 2.05) is 0 Å². The van der Waals surface area contributed by atoms with Crippen LogP contribution in [0.2, 0.25) is 5.02 Å². The molecule has 0 aliphatic carbocycles. The van der Waals surface area contributed by atoms with Crippen molar-refractivity contribution in [2.45, 2.75) is 6.04 Å². The van der Waals surface area contributed by atoms with E-state index in [1.165, 1.54) is 41.3 Å². The van der Waals surface area contributed by atoms with Crippen molar-refractivity contribution in [2.24, 2.45) is 0 Å². The normalized spacial score (nSPS) is 21.3. The summed E-state index contributed by atoms with van der Waals surface area (Å²) >= 11 is 6.00. The van der Waals surface area contributed by atoms with Crippen molar-refractivity contribution in [3.05, 3.63) is 70.0 Å². The Morgan fingerprint density at radius 1 is 1.12 bits per heavy atom. The lowest BCUT2D eigenvalue weighted by Crippen LogP contribution is -2.42. The van der Waals surface area contributed by atoms with Crippen molar-refractivity contribution in [1.82, 2.24) is 9.80 Å². The van der Waals surface area contributed by atoms with Gasteiger partial charge in [0.1, 0.15) is 17.3 Å². The number of rotatable bonds is 5. The van der Waals surface area contributed by atoms with Crippen molar-refractivity contribution >= 4 is 29.1 Å². The lowest BCUT2D eigenvalue weighted by molar-refractivity contribution is -0.140. The number of aromatic hydroxyl groups is 1. The minimum atomic E-state index is -1.01. The first-order valence-corrected chi connectivity index (χ1v) is 10.6. The van der Waals surface area contributed by atoms with Gasteiger partial charge in [0.15, 0.2) is 0 Å². The Morgan fingerprint density at radius 3 is 2.59 bits per heavy atom. The van der Waals surface area contributed by atoms with E-state index in [-0.39, 0.29) is 28.5 Å². The van der Waals surface area contributed by atoms with Gasteiger partial charge in [0.05, 0.1) is 30.4 Å². The van der Waals surface area contributed by atoms with Gasteiger partial charge in [-0.2, -0.15) is 0 Å². The molecule has 2 aromatic rings. The first-order chi connectivity index (χ1) is 15.4. The summed E-state index contributed by atoms with van der Waals surface area (Å²) in [5.41, 5.74) is 0.0412. The van der Waals surface area contributed by atoms with Crippen LogP contribution in [-0.2, 0) is 14.3 Å². The minimum Gasteiger partial charge on any atom is -0.507 e. The van der Waals surface area contributed by atoms with Crippen LogP contribution in [0.3, 0.4) is 0 Å². The number of likely N-dealkylation sites (tertiary alicyclic amines) is 1. The standard InChI is InChI=1S/C23H22ClFN2O5/c24-15-4-5-18(28)17(13-15)21(29)19-20(14-2-1-3-16(25)12-14)27(23(31)22(19)30)7-6-26-8-10-32-11-9-26/h1-5,12-13,20,28-29H,6-11H2/b21-19+. The molecule has 0 spiro atoms. The maximum absolute atomic E-state index is 14.0. The first kappa shape index (κ1) is 22.3. The van der Waals surface area contributed by atoms with Crippen LogP contribution in [0.5, 0.6) is 5.75 Å². The molecule has 168 valence electrons. The fraction of sp³-hybridized carbons (Fsp3) is 0.304. The monoisotopic (exact) mass is 460 g/mol. The molecule has 9 heteroatoms. The fourth-order valence-electron chi connectivity index (χ4n) is 4.05. The zero-order valence-electron chi connectivity index (χ0n) is 17.1. The predicted molar refractivity (Wildman–Crippen MR) is 116 cm³/mol. The van der Waals surface area contributed by atoms with Crippen LogP contribution in [-0.4, -0.2) is 71.1 Å². The number of nitrogens with zero attached hydrogens (tertiary/aromatic N) is 2. The molecule has 7 nitrogen and oxygen atoms in total. The molecule has 2 saturated heterocycles.